The number of phenols is 2. The Morgan fingerprint density at radius 1 is 1.04 bits per heavy atom. The predicted octanol–water partition coefficient (Wildman–Crippen LogP) is 2.04. The molecule has 1 atom stereocenters. The molecule has 4 N–H and O–H groups in total. The van der Waals surface area contributed by atoms with E-state index in [0.29, 0.717) is 21.8 Å². The third-order valence-electron chi connectivity index (χ3n) is 3.59. The molecule has 0 saturated carbocycles. The van der Waals surface area contributed by atoms with E-state index >= 15 is 0 Å². The van der Waals surface area contributed by atoms with Crippen LogP contribution in [-0.4, -0.2) is 28.1 Å². The number of amides is 2. The van der Waals surface area contributed by atoms with Crippen LogP contribution in [0.3, 0.4) is 0 Å². The fourth-order valence-electron chi connectivity index (χ4n) is 2.41. The summed E-state index contributed by atoms with van der Waals surface area (Å²) in [4.78, 5) is 24.6. The van der Waals surface area contributed by atoms with Crippen LogP contribution >= 0.6 is 11.6 Å². The molecule has 0 fully saturated rings. The lowest BCUT2D eigenvalue weighted by atomic mass is 10.0. The van der Waals surface area contributed by atoms with E-state index in [4.69, 9.17) is 11.6 Å². The van der Waals surface area contributed by atoms with Crippen molar-refractivity contribution in [1.29, 1.82) is 0 Å². The van der Waals surface area contributed by atoms with Crippen LogP contribution in [0.5, 0.6) is 11.5 Å². The first-order valence-electron chi connectivity index (χ1n) is 6.86. The number of benzene rings is 2. The van der Waals surface area contributed by atoms with E-state index in [1.165, 1.54) is 18.2 Å². The van der Waals surface area contributed by atoms with Gasteiger partial charge < -0.3 is 20.8 Å². The topological polar surface area (TPSA) is 98.7 Å². The monoisotopic (exact) mass is 332 g/mol. The Morgan fingerprint density at radius 2 is 1.83 bits per heavy atom. The van der Waals surface area contributed by atoms with Crippen LogP contribution < -0.4 is 10.6 Å². The highest BCUT2D eigenvalue weighted by molar-refractivity contribution is 6.31. The Labute approximate surface area is 136 Å². The van der Waals surface area contributed by atoms with Crippen LogP contribution in [0.4, 0.5) is 5.69 Å². The van der Waals surface area contributed by atoms with Crippen LogP contribution in [0.2, 0.25) is 5.02 Å². The van der Waals surface area contributed by atoms with Gasteiger partial charge in [0.1, 0.15) is 6.04 Å². The molecule has 7 heteroatoms. The highest BCUT2D eigenvalue weighted by Gasteiger charge is 2.28. The highest BCUT2D eigenvalue weighted by atomic mass is 35.5. The van der Waals surface area contributed by atoms with E-state index in [9.17, 15) is 19.8 Å². The average Bonchev–Trinajstić information content (AvgIpc) is 2.60. The van der Waals surface area contributed by atoms with Crippen molar-refractivity contribution in [2.75, 3.05) is 5.32 Å². The van der Waals surface area contributed by atoms with Gasteiger partial charge in [0.05, 0.1) is 11.3 Å². The number of nitrogens with one attached hydrogen (secondary N) is 2. The first-order chi connectivity index (χ1) is 10.9. The molecule has 0 aliphatic carbocycles. The van der Waals surface area contributed by atoms with Crippen LogP contribution in [0.1, 0.15) is 15.9 Å². The Kier molecular flexibility index (Phi) is 3.83. The Balaban J connectivity index is 1.86. The van der Waals surface area contributed by atoms with Gasteiger partial charge in [-0.15, -0.1) is 0 Å². The van der Waals surface area contributed by atoms with E-state index in [1.54, 1.807) is 18.2 Å². The fraction of sp³-hybridized carbons (Fsp3) is 0.125. The minimum atomic E-state index is -0.808. The quantitative estimate of drug-likeness (QED) is 0.632. The third-order valence-corrected chi connectivity index (χ3v) is 3.82. The number of carbonyl (C=O) groups excluding carboxylic acids is 2. The lowest BCUT2D eigenvalue weighted by molar-refractivity contribution is -0.117. The van der Waals surface area contributed by atoms with Gasteiger partial charge in [0.2, 0.25) is 5.91 Å². The maximum atomic E-state index is 12.3. The number of carbonyl (C=O) groups is 2. The van der Waals surface area contributed by atoms with Gasteiger partial charge in [-0.3, -0.25) is 9.59 Å². The van der Waals surface area contributed by atoms with Crippen molar-refractivity contribution in [2.24, 2.45) is 0 Å². The van der Waals surface area contributed by atoms with Gasteiger partial charge in [-0.05, 0) is 35.9 Å². The number of aromatic hydroxyl groups is 2. The van der Waals surface area contributed by atoms with Crippen molar-refractivity contribution in [3.63, 3.8) is 0 Å². The number of anilines is 1. The number of halogens is 1. The molecule has 0 bridgehead atoms. The van der Waals surface area contributed by atoms with E-state index in [2.05, 4.69) is 10.6 Å². The van der Waals surface area contributed by atoms with E-state index in [0.717, 1.165) is 0 Å². The second kappa shape index (κ2) is 5.81. The molecule has 0 spiro atoms. The second-order valence-corrected chi connectivity index (χ2v) is 5.67. The molecule has 0 aromatic heterocycles. The maximum absolute atomic E-state index is 12.3. The fourth-order valence-corrected chi connectivity index (χ4v) is 2.59. The van der Waals surface area contributed by atoms with Gasteiger partial charge in [-0.1, -0.05) is 17.7 Å². The summed E-state index contributed by atoms with van der Waals surface area (Å²) in [6, 6.07) is 8.08. The van der Waals surface area contributed by atoms with Crippen molar-refractivity contribution in [3.8, 4) is 11.5 Å². The maximum Gasteiger partial charge on any atom is 0.254 e. The summed E-state index contributed by atoms with van der Waals surface area (Å²) in [7, 11) is 0. The predicted molar refractivity (Wildman–Crippen MR) is 84.8 cm³/mol. The van der Waals surface area contributed by atoms with Crippen molar-refractivity contribution in [3.05, 3.63) is 52.5 Å². The molecule has 3 rings (SSSR count). The van der Waals surface area contributed by atoms with Crippen LogP contribution in [0.15, 0.2) is 36.4 Å². The van der Waals surface area contributed by atoms with Gasteiger partial charge >= 0.3 is 0 Å². The minimum Gasteiger partial charge on any atom is -0.504 e. The lowest BCUT2D eigenvalue weighted by Gasteiger charge is -2.15. The van der Waals surface area contributed by atoms with Crippen LogP contribution in [-0.2, 0) is 11.2 Å². The smallest absolute Gasteiger partial charge is 0.254 e. The van der Waals surface area contributed by atoms with E-state index < -0.39 is 6.04 Å². The zero-order valence-corrected chi connectivity index (χ0v) is 12.6. The summed E-state index contributed by atoms with van der Waals surface area (Å²) < 4.78 is 0. The Hall–Kier alpha value is -2.73. The minimum absolute atomic E-state index is 0.174. The molecule has 2 aromatic carbocycles. The first-order valence-corrected chi connectivity index (χ1v) is 7.24. The summed E-state index contributed by atoms with van der Waals surface area (Å²) in [6.45, 7) is 0. The summed E-state index contributed by atoms with van der Waals surface area (Å²) in [5, 5.41) is 24.6. The van der Waals surface area contributed by atoms with Gasteiger partial charge in [0.25, 0.3) is 5.91 Å². The first kappa shape index (κ1) is 15.2. The molecule has 6 nitrogen and oxygen atoms in total. The molecule has 2 amide bonds. The molecule has 2 aromatic rings. The number of rotatable bonds is 2. The SMILES string of the molecule is O=C1N[C@@H](Cc2ccc(O)c(O)c2)C(=O)Nc2cc(Cl)ccc21. The van der Waals surface area contributed by atoms with Crippen molar-refractivity contribution >= 4 is 29.1 Å². The summed E-state index contributed by atoms with van der Waals surface area (Å²) in [5.41, 5.74) is 1.29. The molecule has 1 aliphatic rings. The van der Waals surface area contributed by atoms with Gasteiger partial charge in [0.15, 0.2) is 11.5 Å². The van der Waals surface area contributed by atoms with Crippen LogP contribution in [0, 0.1) is 0 Å². The van der Waals surface area contributed by atoms with E-state index in [-0.39, 0.29) is 29.7 Å². The number of phenolic OH excluding ortho intramolecular Hbond substituents is 2. The van der Waals surface area contributed by atoms with E-state index in [1.807, 2.05) is 0 Å². The molecule has 1 aliphatic heterocycles. The number of hydrogen-bond acceptors (Lipinski definition) is 4. The molecule has 0 radical (unpaired) electrons. The lowest BCUT2D eigenvalue weighted by Crippen LogP contribution is -2.42. The third kappa shape index (κ3) is 3.07. The average molecular weight is 333 g/mol. The second-order valence-electron chi connectivity index (χ2n) is 5.23. The molecule has 1 heterocycles. The number of hydrogen-bond donors (Lipinski definition) is 4. The standard InChI is InChI=1S/C16H13ClN2O4/c17-9-2-3-10-11(7-9)18-16(23)12(19-15(10)22)5-8-1-4-13(20)14(21)6-8/h1-4,6-7,12,20-21H,5H2,(H,18,23)(H,19,22)/t12-/m0/s1. The number of fused-ring (bicyclic) bond motifs is 1. The summed E-state index contributed by atoms with van der Waals surface area (Å²) in [6.07, 6.45) is 0.174. The van der Waals surface area contributed by atoms with Gasteiger partial charge in [-0.2, -0.15) is 0 Å². The molecule has 23 heavy (non-hydrogen) atoms. The van der Waals surface area contributed by atoms with Crippen molar-refractivity contribution < 1.29 is 19.8 Å². The Bertz CT molecular complexity index is 807. The van der Waals surface area contributed by atoms with Gasteiger partial charge in [-0.25, -0.2) is 0 Å². The molecule has 0 saturated heterocycles. The Morgan fingerprint density at radius 3 is 2.57 bits per heavy atom. The highest BCUT2D eigenvalue weighted by Crippen LogP contribution is 2.27. The zero-order chi connectivity index (χ0) is 16.6. The van der Waals surface area contributed by atoms with Crippen molar-refractivity contribution in [1.82, 2.24) is 5.32 Å². The van der Waals surface area contributed by atoms with Gasteiger partial charge in [0, 0.05) is 11.4 Å². The van der Waals surface area contributed by atoms with Crippen LogP contribution in [0.25, 0.3) is 0 Å². The molecule has 0 unspecified atom stereocenters. The normalized spacial score (nSPS) is 17.0. The summed E-state index contributed by atoms with van der Waals surface area (Å²) >= 11 is 5.89. The molecular formula is C16H13ClN2O4. The summed E-state index contributed by atoms with van der Waals surface area (Å²) in [5.74, 6) is -1.29. The zero-order valence-electron chi connectivity index (χ0n) is 11.8. The molecule has 118 valence electrons. The molecular weight excluding hydrogens is 320 g/mol. The van der Waals surface area contributed by atoms with Crippen molar-refractivity contribution in [2.45, 2.75) is 12.5 Å². The largest absolute Gasteiger partial charge is 0.504 e.